The van der Waals surface area contributed by atoms with Crippen LogP contribution in [0.3, 0.4) is 0 Å². The molecular weight excluding hydrogens is 572 g/mol. The Labute approximate surface area is 243 Å². The van der Waals surface area contributed by atoms with Gasteiger partial charge in [0.15, 0.2) is 0 Å². The van der Waals surface area contributed by atoms with Gasteiger partial charge in [-0.25, -0.2) is 26.0 Å². The molecule has 1 aromatic carbocycles. The van der Waals surface area contributed by atoms with Gasteiger partial charge in [0.2, 0.25) is 15.9 Å². The topological polar surface area (TPSA) is 91.4 Å². The second-order valence-corrected chi connectivity index (χ2v) is 12.8. The van der Waals surface area contributed by atoms with Crippen molar-refractivity contribution in [3.8, 4) is 0 Å². The van der Waals surface area contributed by atoms with Crippen LogP contribution in [0.5, 0.6) is 0 Å². The molecule has 1 saturated carbocycles. The summed E-state index contributed by atoms with van der Waals surface area (Å²) in [6.45, 7) is 6.24. The molecule has 12 heteroatoms. The lowest BCUT2D eigenvalue weighted by molar-refractivity contribution is -0.116. The van der Waals surface area contributed by atoms with E-state index in [2.05, 4.69) is 22.2 Å². The molecule has 2 aliphatic rings. The Balaban J connectivity index is 1.51. The summed E-state index contributed by atoms with van der Waals surface area (Å²) in [4.78, 5) is 17.1. The molecule has 2 heterocycles. The fourth-order valence-electron chi connectivity index (χ4n) is 5.07. The third-order valence-electron chi connectivity index (χ3n) is 7.34. The maximum Gasteiger partial charge on any atom is 0.225 e. The molecule has 1 aliphatic heterocycles. The number of allylic oxidation sites excluding steroid dienone is 5. The highest BCUT2D eigenvalue weighted by Crippen LogP contribution is 2.34. The average molecular weight is 607 g/mol. The van der Waals surface area contributed by atoms with E-state index in [1.807, 2.05) is 0 Å². The van der Waals surface area contributed by atoms with E-state index in [0.29, 0.717) is 50.5 Å². The smallest absolute Gasteiger partial charge is 0.225 e. The molecule has 7 nitrogen and oxygen atoms in total. The highest BCUT2D eigenvalue weighted by molar-refractivity contribution is 7.90. The fourth-order valence-corrected chi connectivity index (χ4v) is 7.13. The highest BCUT2D eigenvalue weighted by Gasteiger charge is 2.43. The standard InChI is InChI=1S/C30H34F4N4O3S/c1-19(13-23(33)14-20(2)31)27(21-3-5-22(32)6-4-21)15-30(39)37-29-18-36-17-28(34)26(29)10-7-24-16-35-11-12-38(24)42(40,41)25-8-9-25/h3-6,13-14,17-18,24-25,27,35H,1,7-12,15-16H2,2H3,(H,37,39). The van der Waals surface area contributed by atoms with Crippen LogP contribution in [0.4, 0.5) is 23.2 Å². The van der Waals surface area contributed by atoms with Gasteiger partial charge >= 0.3 is 0 Å². The SMILES string of the molecule is C=C(C=C(F)C=C(C)F)C(CC(=O)Nc1cncc(F)c1CCC1CNCCN1S(=O)(=O)C1CC1)c1ccc(F)cc1. The monoisotopic (exact) mass is 606 g/mol. The van der Waals surface area contributed by atoms with Crippen LogP contribution in [0.2, 0.25) is 0 Å². The van der Waals surface area contributed by atoms with E-state index in [4.69, 9.17) is 0 Å². The zero-order valence-electron chi connectivity index (χ0n) is 23.3. The minimum Gasteiger partial charge on any atom is -0.324 e. The molecule has 0 spiro atoms. The van der Waals surface area contributed by atoms with Gasteiger partial charge < -0.3 is 10.6 Å². The molecule has 1 amide bonds. The number of halogens is 4. The Kier molecular flexibility index (Phi) is 10.3. The molecule has 2 aromatic rings. The zero-order valence-corrected chi connectivity index (χ0v) is 24.1. The number of hydrogen-bond acceptors (Lipinski definition) is 5. The number of rotatable bonds is 12. The van der Waals surface area contributed by atoms with Crippen LogP contribution in [0.1, 0.15) is 49.7 Å². The maximum absolute atomic E-state index is 15.0. The molecular formula is C30H34F4N4O3S. The van der Waals surface area contributed by atoms with Crippen LogP contribution < -0.4 is 10.6 Å². The van der Waals surface area contributed by atoms with E-state index in [1.54, 1.807) is 0 Å². The summed E-state index contributed by atoms with van der Waals surface area (Å²) >= 11 is 0. The Morgan fingerprint density at radius 2 is 1.90 bits per heavy atom. The number of nitrogens with zero attached hydrogens (tertiary/aromatic N) is 2. The van der Waals surface area contributed by atoms with E-state index < -0.39 is 45.1 Å². The predicted molar refractivity (Wildman–Crippen MR) is 153 cm³/mol. The number of sulfonamides is 1. The third-order valence-corrected chi connectivity index (χ3v) is 9.79. The summed E-state index contributed by atoms with van der Waals surface area (Å²) in [5.41, 5.74) is 0.924. The van der Waals surface area contributed by atoms with Crippen LogP contribution in [0.15, 0.2) is 72.6 Å². The number of carbonyl (C=O) groups is 1. The molecule has 1 aromatic heterocycles. The van der Waals surface area contributed by atoms with Crippen LogP contribution in [-0.4, -0.2) is 54.5 Å². The van der Waals surface area contributed by atoms with E-state index in [-0.39, 0.29) is 41.0 Å². The van der Waals surface area contributed by atoms with Crippen LogP contribution >= 0.6 is 0 Å². The molecule has 4 rings (SSSR count). The molecule has 2 fully saturated rings. The summed E-state index contributed by atoms with van der Waals surface area (Å²) in [5, 5.41) is 5.52. The predicted octanol–water partition coefficient (Wildman–Crippen LogP) is 5.45. The minimum atomic E-state index is -3.42. The van der Waals surface area contributed by atoms with Gasteiger partial charge in [-0.15, -0.1) is 0 Å². The second kappa shape index (κ2) is 13.7. The number of piperazine rings is 1. The molecule has 1 aliphatic carbocycles. The zero-order chi connectivity index (χ0) is 30.4. The van der Waals surface area contributed by atoms with Gasteiger partial charge in [-0.05, 0) is 62.0 Å². The first-order chi connectivity index (χ1) is 20.0. The van der Waals surface area contributed by atoms with E-state index in [0.717, 1.165) is 19.2 Å². The molecule has 2 atom stereocenters. The number of benzene rings is 1. The number of amides is 1. The number of carbonyl (C=O) groups excluding carboxylic acids is 1. The first-order valence-electron chi connectivity index (χ1n) is 13.7. The van der Waals surface area contributed by atoms with Gasteiger partial charge in [-0.2, -0.15) is 4.31 Å². The van der Waals surface area contributed by atoms with Crippen LogP contribution in [0, 0.1) is 11.6 Å². The van der Waals surface area contributed by atoms with E-state index in [1.165, 1.54) is 34.8 Å². The van der Waals surface area contributed by atoms with Crippen LogP contribution in [-0.2, 0) is 21.2 Å². The largest absolute Gasteiger partial charge is 0.324 e. The van der Waals surface area contributed by atoms with Gasteiger partial charge in [0.1, 0.15) is 17.5 Å². The number of pyridine rings is 1. The van der Waals surface area contributed by atoms with E-state index in [9.17, 15) is 30.8 Å². The Morgan fingerprint density at radius 3 is 2.57 bits per heavy atom. The van der Waals surface area contributed by atoms with Crippen LogP contribution in [0.25, 0.3) is 0 Å². The highest BCUT2D eigenvalue weighted by atomic mass is 32.2. The van der Waals surface area contributed by atoms with Crippen molar-refractivity contribution in [1.82, 2.24) is 14.6 Å². The summed E-state index contributed by atoms with van der Waals surface area (Å²) < 4.78 is 83.3. The lowest BCUT2D eigenvalue weighted by Crippen LogP contribution is -2.54. The van der Waals surface area contributed by atoms with Crippen molar-refractivity contribution in [3.63, 3.8) is 0 Å². The number of anilines is 1. The van der Waals surface area contributed by atoms with Crippen molar-refractivity contribution in [2.24, 2.45) is 0 Å². The molecule has 226 valence electrons. The van der Waals surface area contributed by atoms with Crippen molar-refractivity contribution in [1.29, 1.82) is 0 Å². The molecule has 0 radical (unpaired) electrons. The minimum absolute atomic E-state index is 0.126. The second-order valence-electron chi connectivity index (χ2n) is 10.6. The van der Waals surface area contributed by atoms with Gasteiger partial charge in [-0.1, -0.05) is 18.7 Å². The van der Waals surface area contributed by atoms with Crippen molar-refractivity contribution >= 4 is 21.6 Å². The van der Waals surface area contributed by atoms with Gasteiger partial charge in [0.25, 0.3) is 0 Å². The van der Waals surface area contributed by atoms with Crippen molar-refractivity contribution in [2.45, 2.75) is 56.2 Å². The first-order valence-corrected chi connectivity index (χ1v) is 15.2. The summed E-state index contributed by atoms with van der Waals surface area (Å²) in [5.74, 6) is -4.18. The van der Waals surface area contributed by atoms with E-state index >= 15 is 0 Å². The van der Waals surface area contributed by atoms with Gasteiger partial charge in [0, 0.05) is 49.7 Å². The third kappa shape index (κ3) is 8.14. The van der Waals surface area contributed by atoms with Gasteiger partial charge in [0.05, 0.1) is 29.2 Å². The lowest BCUT2D eigenvalue weighted by Gasteiger charge is -2.35. The first kappa shape index (κ1) is 31.6. The van der Waals surface area contributed by atoms with Gasteiger partial charge in [-0.3, -0.25) is 9.78 Å². The maximum atomic E-state index is 15.0. The Morgan fingerprint density at radius 1 is 1.19 bits per heavy atom. The van der Waals surface area contributed by atoms with Crippen molar-refractivity contribution in [2.75, 3.05) is 25.0 Å². The molecule has 42 heavy (non-hydrogen) atoms. The number of hydrogen-bond donors (Lipinski definition) is 2. The lowest BCUT2D eigenvalue weighted by atomic mass is 9.88. The summed E-state index contributed by atoms with van der Waals surface area (Å²) in [6.07, 6.45) is 5.51. The normalized spacial score (nSPS) is 19.4. The molecule has 0 bridgehead atoms. The summed E-state index contributed by atoms with van der Waals surface area (Å²) in [6, 6.07) is 4.90. The Bertz CT molecular complexity index is 1470. The Hall–Kier alpha value is -3.35. The number of aromatic nitrogens is 1. The number of nitrogens with one attached hydrogen (secondary N) is 2. The molecule has 2 unspecified atom stereocenters. The average Bonchev–Trinajstić information content (AvgIpc) is 3.78. The fraction of sp³-hybridized carbons (Fsp3) is 0.400. The van der Waals surface area contributed by atoms with Crippen molar-refractivity contribution in [3.05, 3.63) is 95.4 Å². The quantitative estimate of drug-likeness (QED) is 0.248. The molecule has 2 N–H and O–H groups in total. The summed E-state index contributed by atoms with van der Waals surface area (Å²) in [7, 11) is -3.42. The van der Waals surface area contributed by atoms with Crippen molar-refractivity contribution < 1.29 is 30.8 Å². The molecule has 1 saturated heterocycles.